The summed E-state index contributed by atoms with van der Waals surface area (Å²) in [6.07, 6.45) is -0.0575. The Morgan fingerprint density at radius 2 is 2.03 bits per heavy atom. The van der Waals surface area contributed by atoms with Crippen LogP contribution >= 0.6 is 11.3 Å². The molecule has 5 heterocycles. The molecular weight excluding hydrogens is 473 g/mol. The number of carbonyl (C=O) groups is 1. The lowest BCUT2D eigenvalue weighted by Crippen LogP contribution is -2.37. The Hall–Kier alpha value is -3.55. The van der Waals surface area contributed by atoms with E-state index < -0.39 is 12.0 Å². The summed E-state index contributed by atoms with van der Waals surface area (Å²) in [7, 11) is 1.83. The van der Waals surface area contributed by atoms with Gasteiger partial charge in [0.05, 0.1) is 17.8 Å². The molecule has 0 amide bonds. The van der Waals surface area contributed by atoms with E-state index in [0.717, 1.165) is 10.6 Å². The summed E-state index contributed by atoms with van der Waals surface area (Å²) >= 11 is 1.45. The molecule has 0 unspecified atom stereocenters. The number of nitrogens with zero attached hydrogens (tertiary/aromatic N) is 8. The quantitative estimate of drug-likeness (QED) is 0.392. The molecule has 0 aromatic carbocycles. The number of rotatable bonds is 5. The molecular formula is C20H19F3N8O2S. The molecule has 1 fully saturated rings. The Morgan fingerprint density at radius 3 is 2.74 bits per heavy atom. The summed E-state index contributed by atoms with van der Waals surface area (Å²) < 4.78 is 47.2. The zero-order valence-corrected chi connectivity index (χ0v) is 18.8. The van der Waals surface area contributed by atoms with E-state index in [-0.39, 0.29) is 24.1 Å². The van der Waals surface area contributed by atoms with Gasteiger partial charge in [-0.15, -0.1) is 26.6 Å². The van der Waals surface area contributed by atoms with E-state index in [1.807, 2.05) is 23.5 Å². The average Bonchev–Trinajstić information content (AvgIpc) is 3.56. The first-order chi connectivity index (χ1) is 16.3. The van der Waals surface area contributed by atoms with Crippen molar-refractivity contribution in [2.75, 3.05) is 18.0 Å². The molecule has 1 aliphatic heterocycles. The molecule has 34 heavy (non-hydrogen) atoms. The lowest BCUT2D eigenvalue weighted by Gasteiger charge is -2.31. The number of aromatic nitrogens is 7. The van der Waals surface area contributed by atoms with Crippen LogP contribution in [-0.4, -0.2) is 53.6 Å². The largest absolute Gasteiger partial charge is 0.459 e. The Morgan fingerprint density at radius 1 is 1.24 bits per heavy atom. The van der Waals surface area contributed by atoms with Gasteiger partial charge >= 0.3 is 12.1 Å². The first-order valence-corrected chi connectivity index (χ1v) is 11.3. The topological polar surface area (TPSA) is 103 Å². The molecule has 1 aliphatic rings. The second-order valence-corrected chi connectivity index (χ2v) is 8.76. The summed E-state index contributed by atoms with van der Waals surface area (Å²) in [5.41, 5.74) is 1.59. The highest BCUT2D eigenvalue weighted by Crippen LogP contribution is 2.29. The van der Waals surface area contributed by atoms with E-state index in [4.69, 9.17) is 4.74 Å². The minimum atomic E-state index is -4.65. The van der Waals surface area contributed by atoms with Crippen LogP contribution in [-0.2, 0) is 29.4 Å². The minimum Gasteiger partial charge on any atom is -0.459 e. The Bertz CT molecular complexity index is 1320. The molecule has 178 valence electrons. The third-order valence-electron chi connectivity index (χ3n) is 5.52. The van der Waals surface area contributed by atoms with Gasteiger partial charge in [0.1, 0.15) is 17.4 Å². The molecule has 0 radical (unpaired) electrons. The number of piperidine rings is 1. The normalized spacial score (nSPS) is 15.2. The number of halogens is 3. The van der Waals surface area contributed by atoms with Crippen LogP contribution in [0.5, 0.6) is 0 Å². The van der Waals surface area contributed by atoms with Crippen LogP contribution in [0.25, 0.3) is 16.2 Å². The van der Waals surface area contributed by atoms with Crippen molar-refractivity contribution >= 4 is 28.8 Å². The van der Waals surface area contributed by atoms with Gasteiger partial charge in [-0.2, -0.15) is 22.8 Å². The summed E-state index contributed by atoms with van der Waals surface area (Å²) in [6, 6.07) is 3.05. The lowest BCUT2D eigenvalue weighted by atomic mass is 9.97. The van der Waals surface area contributed by atoms with Crippen molar-refractivity contribution in [2.24, 2.45) is 13.0 Å². The molecule has 14 heteroatoms. The molecule has 0 atom stereocenters. The van der Waals surface area contributed by atoms with Crippen LogP contribution in [0, 0.1) is 5.92 Å². The van der Waals surface area contributed by atoms with Crippen LogP contribution in [0.4, 0.5) is 19.0 Å². The van der Waals surface area contributed by atoms with Crippen molar-refractivity contribution in [3.05, 3.63) is 41.4 Å². The van der Waals surface area contributed by atoms with E-state index in [1.54, 1.807) is 16.9 Å². The number of anilines is 1. The van der Waals surface area contributed by atoms with Crippen LogP contribution in [0.15, 0.2) is 29.9 Å². The fraction of sp³-hybridized carbons (Fsp3) is 0.400. The second-order valence-electron chi connectivity index (χ2n) is 7.90. The third kappa shape index (κ3) is 4.44. The Kier molecular flexibility index (Phi) is 5.67. The summed E-state index contributed by atoms with van der Waals surface area (Å²) in [6.45, 7) is 1.01. The monoisotopic (exact) mass is 492 g/mol. The number of hydrogen-bond donors (Lipinski definition) is 0. The number of carbonyl (C=O) groups excluding carboxylic acids is 1. The lowest BCUT2D eigenvalue weighted by molar-refractivity contribution is -0.150. The minimum absolute atomic E-state index is 0.0169. The number of hydrogen-bond acceptors (Lipinski definition) is 9. The number of aryl methyl sites for hydroxylation is 1. The standard InChI is InChI=1S/C20H19F3N8O2S/c1-29-9-13(8-24-29)17-25-14(11-34-17)10-33-18(32)12-4-6-30(7-5-12)16-3-2-15-26-27-19(20(21,22)23)31(15)28-16/h2-3,8-9,11-12H,4-7,10H2,1H3. The Labute approximate surface area is 195 Å². The van der Waals surface area contributed by atoms with Crippen molar-refractivity contribution in [1.29, 1.82) is 0 Å². The van der Waals surface area contributed by atoms with E-state index in [1.165, 1.54) is 17.4 Å². The van der Waals surface area contributed by atoms with Gasteiger partial charge in [-0.3, -0.25) is 9.48 Å². The Balaban J connectivity index is 1.17. The van der Waals surface area contributed by atoms with Crippen molar-refractivity contribution in [1.82, 2.24) is 34.6 Å². The second kappa shape index (κ2) is 8.66. The van der Waals surface area contributed by atoms with Gasteiger partial charge < -0.3 is 9.64 Å². The zero-order chi connectivity index (χ0) is 23.9. The van der Waals surface area contributed by atoms with Gasteiger partial charge in [0.25, 0.3) is 5.82 Å². The first-order valence-electron chi connectivity index (χ1n) is 10.4. The molecule has 0 N–H and O–H groups in total. The number of ether oxygens (including phenoxy) is 1. The highest BCUT2D eigenvalue weighted by Gasteiger charge is 2.38. The van der Waals surface area contributed by atoms with E-state index in [0.29, 0.717) is 42.0 Å². The zero-order valence-electron chi connectivity index (χ0n) is 17.9. The predicted octanol–water partition coefficient (Wildman–Crippen LogP) is 2.96. The van der Waals surface area contributed by atoms with Gasteiger partial charge in [-0.25, -0.2) is 4.98 Å². The summed E-state index contributed by atoms with van der Waals surface area (Å²) in [5.74, 6) is -1.40. The van der Waals surface area contributed by atoms with E-state index in [2.05, 4.69) is 25.4 Å². The molecule has 0 saturated carbocycles. The first kappa shape index (κ1) is 22.3. The number of alkyl halides is 3. The fourth-order valence-electron chi connectivity index (χ4n) is 3.77. The SMILES string of the molecule is Cn1cc(-c2nc(COC(=O)C3CCN(c4ccc5nnc(C(F)(F)F)n5n4)CC3)cs2)cn1. The maximum absolute atomic E-state index is 13.1. The molecule has 10 nitrogen and oxygen atoms in total. The molecule has 5 rings (SSSR count). The van der Waals surface area contributed by atoms with E-state index >= 15 is 0 Å². The average molecular weight is 492 g/mol. The van der Waals surface area contributed by atoms with E-state index in [9.17, 15) is 18.0 Å². The molecule has 0 bridgehead atoms. The van der Waals surface area contributed by atoms with Crippen molar-refractivity contribution in [2.45, 2.75) is 25.6 Å². The highest BCUT2D eigenvalue weighted by molar-refractivity contribution is 7.13. The number of fused-ring (bicyclic) bond motifs is 1. The summed E-state index contributed by atoms with van der Waals surface area (Å²) in [4.78, 5) is 18.9. The third-order valence-corrected chi connectivity index (χ3v) is 6.46. The van der Waals surface area contributed by atoms with Gasteiger partial charge in [0.2, 0.25) is 0 Å². The smallest absolute Gasteiger partial charge is 0.453 e. The fourth-order valence-corrected chi connectivity index (χ4v) is 4.55. The van der Waals surface area contributed by atoms with Crippen LogP contribution in [0.1, 0.15) is 24.4 Å². The molecule has 4 aromatic rings. The number of esters is 1. The van der Waals surface area contributed by atoms with Crippen LogP contribution < -0.4 is 4.90 Å². The van der Waals surface area contributed by atoms with Gasteiger partial charge in [0, 0.05) is 37.3 Å². The van der Waals surface area contributed by atoms with Gasteiger partial charge in [-0.05, 0) is 25.0 Å². The molecule has 0 aliphatic carbocycles. The van der Waals surface area contributed by atoms with Crippen molar-refractivity contribution < 1.29 is 22.7 Å². The van der Waals surface area contributed by atoms with Crippen LogP contribution in [0.3, 0.4) is 0 Å². The maximum Gasteiger partial charge on any atom is 0.453 e. The summed E-state index contributed by atoms with van der Waals surface area (Å²) in [5, 5.41) is 17.5. The number of thiazole rings is 1. The predicted molar refractivity (Wildman–Crippen MR) is 115 cm³/mol. The van der Waals surface area contributed by atoms with Gasteiger partial charge in [-0.1, -0.05) is 0 Å². The molecule has 4 aromatic heterocycles. The molecule has 0 spiro atoms. The van der Waals surface area contributed by atoms with Crippen molar-refractivity contribution in [3.63, 3.8) is 0 Å². The molecule has 1 saturated heterocycles. The maximum atomic E-state index is 13.1. The highest BCUT2D eigenvalue weighted by atomic mass is 32.1. The van der Waals surface area contributed by atoms with Crippen LogP contribution in [0.2, 0.25) is 0 Å². The van der Waals surface area contributed by atoms with Crippen molar-refractivity contribution in [3.8, 4) is 10.6 Å². The van der Waals surface area contributed by atoms with Gasteiger partial charge in [0.15, 0.2) is 5.65 Å².